The quantitative estimate of drug-likeness (QED) is 0.154. The van der Waals surface area contributed by atoms with Gasteiger partial charge in [-0.25, -0.2) is 14.0 Å². The monoisotopic (exact) mass is 630 g/mol. The molecule has 3 aromatic carbocycles. The third-order valence-electron chi connectivity index (χ3n) is 7.05. The van der Waals surface area contributed by atoms with Gasteiger partial charge in [-0.1, -0.05) is 74.5 Å². The van der Waals surface area contributed by atoms with Crippen molar-refractivity contribution in [2.24, 2.45) is 4.99 Å². The molecule has 1 aliphatic heterocycles. The third kappa shape index (κ3) is 12.0. The number of anilines is 1. The van der Waals surface area contributed by atoms with Crippen LogP contribution >= 0.6 is 0 Å². The zero-order valence-corrected chi connectivity index (χ0v) is 27.7. The standard InChI is InChI=1S/C34H40N4O4S.C2H6/c1-4-29(11-8-24-42-43(40)33-18-12-27(2)13-19-33)25-35-28(3)37-20-22-38(23-21-37)34(39)36-31-14-16-32(17-15-31)41-26-30-9-6-5-7-10-30;1-2/h4-7,9-10,12-19,25H,3,8,11,20-24,26H2,1-2H3,(H,36,39);1-2H3/b29-4-,35-25-;. The third-order valence-corrected chi connectivity index (χ3v) is 8.09. The van der Waals surface area contributed by atoms with E-state index in [0.29, 0.717) is 50.1 Å². The number of nitrogens with zero attached hydrogens (tertiary/aromatic N) is 3. The van der Waals surface area contributed by atoms with Gasteiger partial charge in [-0.3, -0.25) is 4.18 Å². The largest absolute Gasteiger partial charge is 0.489 e. The zero-order valence-electron chi connectivity index (χ0n) is 26.9. The van der Waals surface area contributed by atoms with E-state index in [1.807, 2.05) is 119 Å². The first-order valence-electron chi connectivity index (χ1n) is 15.5. The minimum absolute atomic E-state index is 0.131. The molecule has 0 bridgehead atoms. The molecule has 0 saturated carbocycles. The van der Waals surface area contributed by atoms with Gasteiger partial charge in [0.15, 0.2) is 11.1 Å². The van der Waals surface area contributed by atoms with Crippen molar-refractivity contribution in [2.75, 3.05) is 38.1 Å². The number of amides is 2. The molecule has 2 amide bonds. The molecule has 9 heteroatoms. The summed E-state index contributed by atoms with van der Waals surface area (Å²) in [5.41, 5.74) is 4.00. The number of nitrogens with one attached hydrogen (secondary N) is 1. The number of rotatable bonds is 13. The molecule has 0 aliphatic carbocycles. The number of ether oxygens (including phenoxy) is 1. The second-order valence-electron chi connectivity index (χ2n) is 10.2. The molecule has 1 aliphatic rings. The Morgan fingerprint density at radius 3 is 2.24 bits per heavy atom. The second kappa shape index (κ2) is 19.2. The van der Waals surface area contributed by atoms with Gasteiger partial charge in [0.2, 0.25) is 0 Å². The number of benzene rings is 3. The minimum atomic E-state index is -1.46. The first kappa shape index (κ1) is 35.3. The van der Waals surface area contributed by atoms with E-state index in [1.165, 1.54) is 0 Å². The summed E-state index contributed by atoms with van der Waals surface area (Å²) in [5.74, 6) is 1.42. The number of hydrogen-bond acceptors (Lipinski definition) is 6. The smallest absolute Gasteiger partial charge is 0.321 e. The van der Waals surface area contributed by atoms with E-state index in [9.17, 15) is 9.00 Å². The van der Waals surface area contributed by atoms with Crippen molar-refractivity contribution in [3.05, 3.63) is 114 Å². The van der Waals surface area contributed by atoms with Crippen molar-refractivity contribution in [2.45, 2.75) is 52.0 Å². The highest BCUT2D eigenvalue weighted by molar-refractivity contribution is 7.80. The van der Waals surface area contributed by atoms with E-state index >= 15 is 0 Å². The molecule has 1 saturated heterocycles. The van der Waals surface area contributed by atoms with Gasteiger partial charge in [0.1, 0.15) is 18.2 Å². The summed E-state index contributed by atoms with van der Waals surface area (Å²) in [6.07, 6.45) is 5.32. The van der Waals surface area contributed by atoms with Crippen LogP contribution in [-0.4, -0.2) is 59.0 Å². The van der Waals surface area contributed by atoms with E-state index in [0.717, 1.165) is 41.0 Å². The van der Waals surface area contributed by atoms with Gasteiger partial charge in [0.05, 0.1) is 11.5 Å². The Bertz CT molecular complexity index is 1420. The normalized spacial score (nSPS) is 14.0. The van der Waals surface area contributed by atoms with E-state index in [4.69, 9.17) is 8.92 Å². The predicted octanol–water partition coefficient (Wildman–Crippen LogP) is 7.76. The molecule has 1 heterocycles. The molecule has 240 valence electrons. The number of allylic oxidation sites excluding steroid dienone is 2. The van der Waals surface area contributed by atoms with Crippen molar-refractivity contribution in [3.8, 4) is 5.75 Å². The van der Waals surface area contributed by atoms with Crippen LogP contribution in [0.1, 0.15) is 44.7 Å². The van der Waals surface area contributed by atoms with Gasteiger partial charge in [-0.05, 0) is 74.2 Å². The Hall–Kier alpha value is -4.21. The van der Waals surface area contributed by atoms with Crippen molar-refractivity contribution in [1.29, 1.82) is 0 Å². The SMILES string of the molecule is C=C(/N=C\C(=C/C)CCCOS(=O)c1ccc(C)cc1)N1CCN(C(=O)Nc2ccc(OCc3ccccc3)cc2)CC1.CC. The van der Waals surface area contributed by atoms with E-state index in [-0.39, 0.29) is 6.03 Å². The summed E-state index contributed by atoms with van der Waals surface area (Å²) in [6, 6.07) is 24.8. The molecule has 0 spiro atoms. The van der Waals surface area contributed by atoms with Crippen LogP contribution in [-0.2, 0) is 21.9 Å². The summed E-state index contributed by atoms with van der Waals surface area (Å²) < 4.78 is 23.6. The first-order valence-corrected chi connectivity index (χ1v) is 16.6. The van der Waals surface area contributed by atoms with Gasteiger partial charge in [-0.2, -0.15) is 0 Å². The van der Waals surface area contributed by atoms with Gasteiger partial charge in [0.25, 0.3) is 0 Å². The van der Waals surface area contributed by atoms with Crippen LogP contribution < -0.4 is 10.1 Å². The number of hydrogen-bond donors (Lipinski definition) is 1. The predicted molar refractivity (Wildman–Crippen MR) is 185 cm³/mol. The molecule has 0 aromatic heterocycles. The first-order chi connectivity index (χ1) is 21.9. The average molecular weight is 631 g/mol. The van der Waals surface area contributed by atoms with E-state index in [1.54, 1.807) is 4.90 Å². The number of urea groups is 1. The summed E-state index contributed by atoms with van der Waals surface area (Å²) in [6.45, 7) is 15.4. The number of carbonyl (C=O) groups is 1. The Morgan fingerprint density at radius 2 is 1.60 bits per heavy atom. The highest BCUT2D eigenvalue weighted by Crippen LogP contribution is 2.19. The Labute approximate surface area is 271 Å². The summed E-state index contributed by atoms with van der Waals surface area (Å²) in [4.78, 5) is 22.0. The number of aryl methyl sites for hydroxylation is 1. The Balaban J connectivity index is 0.00000271. The van der Waals surface area contributed by atoms with Gasteiger partial charge >= 0.3 is 6.03 Å². The molecule has 4 rings (SSSR count). The highest BCUT2D eigenvalue weighted by atomic mass is 32.2. The average Bonchev–Trinajstić information content (AvgIpc) is 3.09. The van der Waals surface area contributed by atoms with Crippen LogP contribution in [0.3, 0.4) is 0 Å². The maximum absolute atomic E-state index is 12.8. The lowest BCUT2D eigenvalue weighted by molar-refractivity contribution is 0.167. The fraction of sp³-hybridized carbons (Fsp3) is 0.333. The fourth-order valence-electron chi connectivity index (χ4n) is 4.40. The second-order valence-corrected chi connectivity index (χ2v) is 11.4. The maximum atomic E-state index is 12.8. The topological polar surface area (TPSA) is 83.5 Å². The van der Waals surface area contributed by atoms with Gasteiger partial charge in [-0.15, -0.1) is 0 Å². The van der Waals surface area contributed by atoms with Crippen LogP contribution in [0.15, 0.2) is 113 Å². The lowest BCUT2D eigenvalue weighted by Gasteiger charge is -2.35. The van der Waals surface area contributed by atoms with Gasteiger partial charge in [0, 0.05) is 38.1 Å². The maximum Gasteiger partial charge on any atom is 0.321 e. The number of aliphatic imine (C=N–C) groups is 1. The van der Waals surface area contributed by atoms with Gasteiger partial charge < -0.3 is 19.9 Å². The van der Waals surface area contributed by atoms with Crippen molar-refractivity contribution in [3.63, 3.8) is 0 Å². The molecular formula is C36H46N4O4S. The van der Waals surface area contributed by atoms with E-state index in [2.05, 4.69) is 21.8 Å². The Kier molecular flexibility index (Phi) is 15.1. The Morgan fingerprint density at radius 1 is 0.956 bits per heavy atom. The van der Waals surface area contributed by atoms with Crippen LogP contribution in [0.2, 0.25) is 0 Å². The van der Waals surface area contributed by atoms with Crippen LogP contribution in [0.5, 0.6) is 5.75 Å². The molecular weight excluding hydrogens is 584 g/mol. The molecule has 1 unspecified atom stereocenters. The number of carbonyl (C=O) groups excluding carboxylic acids is 1. The molecule has 8 nitrogen and oxygen atoms in total. The molecule has 0 radical (unpaired) electrons. The molecule has 1 N–H and O–H groups in total. The van der Waals surface area contributed by atoms with E-state index < -0.39 is 11.1 Å². The van der Waals surface area contributed by atoms with Crippen LogP contribution in [0.4, 0.5) is 10.5 Å². The molecule has 45 heavy (non-hydrogen) atoms. The van der Waals surface area contributed by atoms with Crippen molar-refractivity contribution < 1.29 is 17.9 Å². The lowest BCUT2D eigenvalue weighted by atomic mass is 10.1. The minimum Gasteiger partial charge on any atom is -0.489 e. The van der Waals surface area contributed by atoms with Crippen LogP contribution in [0, 0.1) is 6.92 Å². The summed E-state index contributed by atoms with van der Waals surface area (Å²) in [7, 11) is 0. The zero-order chi connectivity index (χ0) is 32.4. The highest BCUT2D eigenvalue weighted by Gasteiger charge is 2.21. The van der Waals surface area contributed by atoms with Crippen molar-refractivity contribution >= 4 is 29.0 Å². The summed E-state index contributed by atoms with van der Waals surface area (Å²) >= 11 is -1.46. The van der Waals surface area contributed by atoms with Crippen molar-refractivity contribution in [1.82, 2.24) is 9.80 Å². The molecule has 3 aromatic rings. The molecule has 1 atom stereocenters. The lowest BCUT2D eigenvalue weighted by Crippen LogP contribution is -2.49. The number of piperazine rings is 1. The van der Waals surface area contributed by atoms with Crippen LogP contribution in [0.25, 0.3) is 0 Å². The fourth-order valence-corrected chi connectivity index (χ4v) is 5.16. The summed E-state index contributed by atoms with van der Waals surface area (Å²) in [5, 5.41) is 2.97. The molecule has 1 fully saturated rings.